The first-order chi connectivity index (χ1) is 9.08. The molecule has 0 bridgehead atoms. The van der Waals surface area contributed by atoms with E-state index >= 15 is 0 Å². The first kappa shape index (κ1) is 13.2. The van der Waals surface area contributed by atoms with Gasteiger partial charge in [0.15, 0.2) is 5.82 Å². The summed E-state index contributed by atoms with van der Waals surface area (Å²) in [6, 6.07) is 4.37. The number of carbonyl (C=O) groups excluding carboxylic acids is 1. The molecule has 2 aromatic heterocycles. The summed E-state index contributed by atoms with van der Waals surface area (Å²) in [6.07, 6.45) is 3.04. The highest BCUT2D eigenvalue weighted by Gasteiger charge is 2.18. The van der Waals surface area contributed by atoms with Crippen LogP contribution in [0, 0.1) is 11.8 Å². The van der Waals surface area contributed by atoms with Crippen LogP contribution in [0.4, 0.5) is 8.78 Å². The van der Waals surface area contributed by atoms with Crippen molar-refractivity contribution in [3.05, 3.63) is 53.7 Å². The number of pyridine rings is 1. The van der Waals surface area contributed by atoms with Gasteiger partial charge in [-0.2, -0.15) is 4.39 Å². The molecule has 0 aliphatic rings. The third-order valence-corrected chi connectivity index (χ3v) is 2.56. The fraction of sp³-hybridized carbons (Fsp3) is 0.231. The molecule has 2 heterocycles. The van der Waals surface area contributed by atoms with Crippen LogP contribution in [0.2, 0.25) is 0 Å². The molecule has 1 unspecified atom stereocenters. The zero-order chi connectivity index (χ0) is 13.8. The molecule has 1 N–H and O–H groups in total. The van der Waals surface area contributed by atoms with Crippen molar-refractivity contribution in [2.75, 3.05) is 0 Å². The van der Waals surface area contributed by atoms with E-state index in [0.717, 1.165) is 12.3 Å². The maximum atomic E-state index is 13.4. The normalized spacial score (nSPS) is 12.2. The molecule has 0 spiro atoms. The van der Waals surface area contributed by atoms with Crippen LogP contribution < -0.4 is 5.32 Å². The van der Waals surface area contributed by atoms with Gasteiger partial charge in [-0.25, -0.2) is 9.37 Å². The van der Waals surface area contributed by atoms with Crippen molar-refractivity contribution in [2.24, 2.45) is 0 Å². The predicted octanol–water partition coefficient (Wildman–Crippen LogP) is 2.31. The van der Waals surface area contributed by atoms with Crippen LogP contribution in [0.1, 0.15) is 23.0 Å². The fourth-order valence-corrected chi connectivity index (χ4v) is 1.68. The van der Waals surface area contributed by atoms with Crippen LogP contribution in [-0.2, 0) is 6.42 Å². The van der Waals surface area contributed by atoms with Gasteiger partial charge in [-0.15, -0.1) is 0 Å². The lowest BCUT2D eigenvalue weighted by atomic mass is 10.1. The molecular weight excluding hydrogens is 254 g/mol. The Morgan fingerprint density at radius 2 is 2.26 bits per heavy atom. The molecular formula is C13H12F2N2O2. The molecule has 2 aromatic rings. The topological polar surface area (TPSA) is 55.1 Å². The Morgan fingerprint density at radius 1 is 1.47 bits per heavy atom. The highest BCUT2D eigenvalue weighted by molar-refractivity contribution is 5.94. The van der Waals surface area contributed by atoms with Gasteiger partial charge in [0.05, 0.1) is 11.8 Å². The zero-order valence-corrected chi connectivity index (χ0v) is 10.2. The summed E-state index contributed by atoms with van der Waals surface area (Å²) < 4.78 is 31.4. The third-order valence-electron chi connectivity index (χ3n) is 2.56. The van der Waals surface area contributed by atoms with Gasteiger partial charge in [-0.3, -0.25) is 4.79 Å². The van der Waals surface area contributed by atoms with E-state index in [1.807, 2.05) is 0 Å². The predicted molar refractivity (Wildman–Crippen MR) is 63.5 cm³/mol. The number of rotatable bonds is 4. The number of hydrogen-bond donors (Lipinski definition) is 1. The Hall–Kier alpha value is -2.24. The van der Waals surface area contributed by atoms with Crippen LogP contribution in [0.5, 0.6) is 0 Å². The van der Waals surface area contributed by atoms with Crippen molar-refractivity contribution < 1.29 is 18.0 Å². The zero-order valence-electron chi connectivity index (χ0n) is 10.2. The second-order valence-corrected chi connectivity index (χ2v) is 4.12. The van der Waals surface area contributed by atoms with E-state index < -0.39 is 17.7 Å². The molecule has 4 nitrogen and oxygen atoms in total. The van der Waals surface area contributed by atoms with Crippen molar-refractivity contribution in [2.45, 2.75) is 19.4 Å². The van der Waals surface area contributed by atoms with Crippen molar-refractivity contribution >= 4 is 5.91 Å². The van der Waals surface area contributed by atoms with Gasteiger partial charge < -0.3 is 9.73 Å². The van der Waals surface area contributed by atoms with E-state index in [0.29, 0.717) is 12.2 Å². The minimum Gasteiger partial charge on any atom is -0.469 e. The van der Waals surface area contributed by atoms with Gasteiger partial charge in [0, 0.05) is 18.7 Å². The van der Waals surface area contributed by atoms with Crippen molar-refractivity contribution in [3.8, 4) is 0 Å². The van der Waals surface area contributed by atoms with Gasteiger partial charge in [0.2, 0.25) is 5.95 Å². The fourth-order valence-electron chi connectivity index (χ4n) is 1.68. The number of furan rings is 1. The quantitative estimate of drug-likeness (QED) is 0.864. The molecule has 0 aliphatic heterocycles. The number of aromatic nitrogens is 1. The lowest BCUT2D eigenvalue weighted by Gasteiger charge is -2.12. The van der Waals surface area contributed by atoms with Crippen LogP contribution in [-0.4, -0.2) is 16.9 Å². The van der Waals surface area contributed by atoms with E-state index in [1.165, 1.54) is 6.26 Å². The van der Waals surface area contributed by atoms with Crippen molar-refractivity contribution in [3.63, 3.8) is 0 Å². The molecule has 0 saturated carbocycles. The molecule has 19 heavy (non-hydrogen) atoms. The minimum atomic E-state index is -1.29. The summed E-state index contributed by atoms with van der Waals surface area (Å²) >= 11 is 0. The lowest BCUT2D eigenvalue weighted by molar-refractivity contribution is 0.0933. The van der Waals surface area contributed by atoms with E-state index in [1.54, 1.807) is 19.1 Å². The van der Waals surface area contributed by atoms with Crippen molar-refractivity contribution in [1.29, 1.82) is 0 Å². The Morgan fingerprint density at radius 3 is 2.95 bits per heavy atom. The summed E-state index contributed by atoms with van der Waals surface area (Å²) in [5.41, 5.74) is -0.362. The molecule has 1 amide bonds. The number of nitrogens with one attached hydrogen (secondary N) is 1. The monoisotopic (exact) mass is 266 g/mol. The average Bonchev–Trinajstić information content (AvgIpc) is 2.85. The first-order valence-electron chi connectivity index (χ1n) is 5.71. The maximum absolute atomic E-state index is 13.4. The molecule has 1 atom stereocenters. The Bertz CT molecular complexity index is 570. The Balaban J connectivity index is 2.02. The maximum Gasteiger partial charge on any atom is 0.254 e. The van der Waals surface area contributed by atoms with Gasteiger partial charge in [-0.05, 0) is 25.1 Å². The summed E-state index contributed by atoms with van der Waals surface area (Å²) in [5, 5.41) is 2.57. The number of carbonyl (C=O) groups is 1. The van der Waals surface area contributed by atoms with Crippen LogP contribution >= 0.6 is 0 Å². The second-order valence-electron chi connectivity index (χ2n) is 4.12. The average molecular weight is 266 g/mol. The van der Waals surface area contributed by atoms with E-state index in [-0.39, 0.29) is 11.6 Å². The SMILES string of the molecule is CC(Cc1ccco1)NC(=O)c1ccnc(F)c1F. The summed E-state index contributed by atoms with van der Waals surface area (Å²) in [4.78, 5) is 14.9. The molecule has 0 radical (unpaired) electrons. The highest BCUT2D eigenvalue weighted by Crippen LogP contribution is 2.10. The van der Waals surface area contributed by atoms with Crippen molar-refractivity contribution in [1.82, 2.24) is 10.3 Å². The smallest absolute Gasteiger partial charge is 0.254 e. The molecule has 0 aromatic carbocycles. The largest absolute Gasteiger partial charge is 0.469 e. The summed E-state index contributed by atoms with van der Waals surface area (Å²) in [5.74, 6) is -2.51. The number of hydrogen-bond acceptors (Lipinski definition) is 3. The van der Waals surface area contributed by atoms with Crippen LogP contribution in [0.25, 0.3) is 0 Å². The Labute approximate surface area is 108 Å². The summed E-state index contributed by atoms with van der Waals surface area (Å²) in [6.45, 7) is 1.75. The second kappa shape index (κ2) is 5.60. The van der Waals surface area contributed by atoms with Gasteiger partial charge in [0.1, 0.15) is 5.76 Å². The highest BCUT2D eigenvalue weighted by atomic mass is 19.2. The molecule has 0 fully saturated rings. The summed E-state index contributed by atoms with van der Waals surface area (Å²) in [7, 11) is 0. The lowest BCUT2D eigenvalue weighted by Crippen LogP contribution is -2.34. The first-order valence-corrected chi connectivity index (χ1v) is 5.71. The minimum absolute atomic E-state index is 0.269. The van der Waals surface area contributed by atoms with E-state index in [9.17, 15) is 13.6 Å². The molecule has 2 rings (SSSR count). The molecule has 100 valence electrons. The number of amides is 1. The van der Waals surface area contributed by atoms with E-state index in [4.69, 9.17) is 4.42 Å². The molecule has 0 aliphatic carbocycles. The number of nitrogens with zero attached hydrogens (tertiary/aromatic N) is 1. The van der Waals surface area contributed by atoms with Gasteiger partial charge in [-0.1, -0.05) is 0 Å². The van der Waals surface area contributed by atoms with E-state index in [2.05, 4.69) is 10.3 Å². The Kier molecular flexibility index (Phi) is 3.89. The standard InChI is InChI=1S/C13H12F2N2O2/c1-8(7-9-3-2-6-19-9)17-13(18)10-4-5-16-12(15)11(10)14/h2-6,8H,7H2,1H3,(H,17,18). The van der Waals surface area contributed by atoms with Gasteiger partial charge >= 0.3 is 0 Å². The van der Waals surface area contributed by atoms with Crippen LogP contribution in [0.15, 0.2) is 35.1 Å². The molecule has 6 heteroatoms. The van der Waals surface area contributed by atoms with Gasteiger partial charge in [0.25, 0.3) is 5.91 Å². The van der Waals surface area contributed by atoms with Crippen LogP contribution in [0.3, 0.4) is 0 Å². The number of halogens is 2. The molecule has 0 saturated heterocycles. The third kappa shape index (κ3) is 3.15.